The van der Waals surface area contributed by atoms with Gasteiger partial charge in [0.25, 0.3) is 5.56 Å². The van der Waals surface area contributed by atoms with Crippen LogP contribution in [0.1, 0.15) is 35.6 Å². The minimum Gasteiger partial charge on any atom is -0.462 e. The molecular weight excluding hydrogens is 481 g/mol. The van der Waals surface area contributed by atoms with Crippen LogP contribution in [0.4, 0.5) is 11.8 Å². The number of ether oxygens (including phenoxy) is 1. The molecule has 4 heterocycles. The van der Waals surface area contributed by atoms with E-state index in [1.807, 2.05) is 35.2 Å². The average molecular weight is 500 g/mol. The molecule has 1 aliphatic rings. The zero-order chi connectivity index (χ0) is 24.0. The largest absolute Gasteiger partial charge is 0.462 e. The van der Waals surface area contributed by atoms with Crippen molar-refractivity contribution >= 4 is 46.5 Å². The molecule has 0 aliphatic carbocycles. The van der Waals surface area contributed by atoms with E-state index >= 15 is 0 Å². The smallest absolute Gasteiger partial charge is 0.345 e. The highest BCUT2D eigenvalue weighted by molar-refractivity contribution is 6.34. The summed E-state index contributed by atoms with van der Waals surface area (Å²) in [6.45, 7) is 2.37. The number of nitrogens with zero attached hydrogens (tertiary/aromatic N) is 6. The van der Waals surface area contributed by atoms with E-state index < -0.39 is 12.0 Å². The highest BCUT2D eigenvalue weighted by Crippen LogP contribution is 2.40. The maximum absolute atomic E-state index is 13.5. The third-order valence-corrected chi connectivity index (χ3v) is 6.19. The lowest BCUT2D eigenvalue weighted by Gasteiger charge is -2.42. The number of aromatic nitrogens is 5. The lowest BCUT2D eigenvalue weighted by atomic mass is 10.0. The molecular formula is C22H19Cl2N7O3. The molecule has 0 spiro atoms. The van der Waals surface area contributed by atoms with Crippen molar-refractivity contribution in [1.82, 2.24) is 24.1 Å². The zero-order valence-electron chi connectivity index (χ0n) is 18.0. The summed E-state index contributed by atoms with van der Waals surface area (Å²) in [5, 5.41) is 4.92. The van der Waals surface area contributed by atoms with Gasteiger partial charge in [0.2, 0.25) is 5.95 Å². The second-order valence-corrected chi connectivity index (χ2v) is 8.35. The number of benzene rings is 1. The number of carbonyl (C=O) groups excluding carboxylic acids is 1. The van der Waals surface area contributed by atoms with Gasteiger partial charge in [-0.05, 0) is 31.5 Å². The number of esters is 1. The minimum atomic E-state index is -0.658. The van der Waals surface area contributed by atoms with Crippen LogP contribution in [0.2, 0.25) is 10.2 Å². The summed E-state index contributed by atoms with van der Waals surface area (Å²) in [6, 6.07) is 10.4. The molecule has 2 N–H and O–H groups in total. The normalized spacial score (nSPS) is 15.4. The first kappa shape index (κ1) is 22.2. The molecule has 0 bridgehead atoms. The van der Waals surface area contributed by atoms with Crippen LogP contribution in [0.25, 0.3) is 11.2 Å². The van der Waals surface area contributed by atoms with Crippen LogP contribution >= 0.6 is 23.2 Å². The fourth-order valence-corrected chi connectivity index (χ4v) is 4.50. The van der Waals surface area contributed by atoms with Crippen molar-refractivity contribution in [3.8, 4) is 5.69 Å². The van der Waals surface area contributed by atoms with Crippen molar-refractivity contribution in [3.05, 3.63) is 74.5 Å². The Bertz CT molecular complexity index is 1470. The summed E-state index contributed by atoms with van der Waals surface area (Å²) >= 11 is 12.5. The van der Waals surface area contributed by atoms with E-state index in [0.717, 1.165) is 0 Å². The Morgan fingerprint density at radius 2 is 1.97 bits per heavy atom. The third-order valence-electron chi connectivity index (χ3n) is 5.61. The molecule has 1 fully saturated rings. The number of carbonyl (C=O) groups is 1. The molecule has 3 aromatic heterocycles. The van der Waals surface area contributed by atoms with Gasteiger partial charge in [-0.2, -0.15) is 10.1 Å². The number of nitrogen functional groups attached to an aromatic ring is 1. The molecule has 10 nitrogen and oxygen atoms in total. The van der Waals surface area contributed by atoms with Crippen LogP contribution in [-0.4, -0.2) is 43.3 Å². The molecule has 0 amide bonds. The molecule has 0 saturated carbocycles. The van der Waals surface area contributed by atoms with Gasteiger partial charge in [0.05, 0.1) is 23.4 Å². The van der Waals surface area contributed by atoms with Gasteiger partial charge in [0.1, 0.15) is 11.1 Å². The summed E-state index contributed by atoms with van der Waals surface area (Å²) in [6.07, 6.45) is 2.27. The Labute approximate surface area is 203 Å². The Balaban J connectivity index is 1.70. The lowest BCUT2D eigenvalue weighted by molar-refractivity contribution is 0.0526. The number of nitrogens with two attached hydrogens (primary N) is 1. The fourth-order valence-electron chi connectivity index (χ4n) is 4.02. The van der Waals surface area contributed by atoms with E-state index in [2.05, 4.69) is 9.97 Å². The average Bonchev–Trinajstić information content (AvgIpc) is 3.14. The van der Waals surface area contributed by atoms with Crippen LogP contribution in [-0.2, 0) is 4.74 Å². The van der Waals surface area contributed by atoms with E-state index in [4.69, 9.17) is 38.8 Å². The number of fused-ring (bicyclic) bond motifs is 1. The Hall–Kier alpha value is -3.63. The standard InChI is InChI=1S/C22H19Cl2N7O3/c1-2-34-21(33)15-17(24)26-22(25)27-19(15)29-10-9-14(29)18-28-30-11-8-13(23)16(30)20(32)31(18)12-6-4-3-5-7-12/h3-8,11,14H,2,9-10H2,1H3,(H2,25,26,27)/t14-/m0/s1. The highest BCUT2D eigenvalue weighted by Gasteiger charge is 2.39. The first-order chi connectivity index (χ1) is 16.4. The molecule has 1 aliphatic heterocycles. The van der Waals surface area contributed by atoms with E-state index in [9.17, 15) is 9.59 Å². The lowest BCUT2D eigenvalue weighted by Crippen LogP contribution is -2.46. The van der Waals surface area contributed by atoms with E-state index in [1.165, 1.54) is 9.08 Å². The number of rotatable bonds is 5. The van der Waals surface area contributed by atoms with Crippen molar-refractivity contribution in [3.63, 3.8) is 0 Å². The number of hydrogen-bond acceptors (Lipinski definition) is 8. The molecule has 5 rings (SSSR count). The first-order valence-electron chi connectivity index (χ1n) is 10.5. The molecule has 174 valence electrons. The van der Waals surface area contributed by atoms with Gasteiger partial charge >= 0.3 is 5.97 Å². The topological polar surface area (TPSA) is 121 Å². The maximum Gasteiger partial charge on any atom is 0.345 e. The third kappa shape index (κ3) is 3.55. The summed E-state index contributed by atoms with van der Waals surface area (Å²) in [7, 11) is 0. The monoisotopic (exact) mass is 499 g/mol. The van der Waals surface area contributed by atoms with Gasteiger partial charge in [-0.1, -0.05) is 41.4 Å². The van der Waals surface area contributed by atoms with Crippen LogP contribution in [0.15, 0.2) is 47.4 Å². The van der Waals surface area contributed by atoms with Crippen molar-refractivity contribution in [2.45, 2.75) is 19.4 Å². The first-order valence-corrected chi connectivity index (χ1v) is 11.3. The van der Waals surface area contributed by atoms with E-state index in [1.54, 1.807) is 19.2 Å². The number of para-hydroxylation sites is 1. The van der Waals surface area contributed by atoms with Gasteiger partial charge in [-0.15, -0.1) is 0 Å². The zero-order valence-corrected chi connectivity index (χ0v) is 19.5. The van der Waals surface area contributed by atoms with Crippen molar-refractivity contribution in [1.29, 1.82) is 0 Å². The quantitative estimate of drug-likeness (QED) is 0.328. The van der Waals surface area contributed by atoms with E-state index in [0.29, 0.717) is 29.5 Å². The second kappa shape index (κ2) is 8.62. The fraction of sp³-hybridized carbons (Fsp3) is 0.227. The Morgan fingerprint density at radius 1 is 1.21 bits per heavy atom. The van der Waals surface area contributed by atoms with Crippen LogP contribution in [0.5, 0.6) is 0 Å². The SMILES string of the molecule is CCOC(=O)c1c(Cl)nc(N)nc1N1CC[C@H]1c1nn2ccc(Cl)c2c(=O)n1-c1ccccc1. The summed E-state index contributed by atoms with van der Waals surface area (Å²) < 4.78 is 8.14. The molecule has 12 heteroatoms. The molecule has 0 radical (unpaired) electrons. The number of hydrogen-bond donors (Lipinski definition) is 1. The number of anilines is 2. The van der Waals surface area contributed by atoms with Gasteiger partial charge in [-0.3, -0.25) is 9.36 Å². The maximum atomic E-state index is 13.5. The van der Waals surface area contributed by atoms with Gasteiger partial charge in [0, 0.05) is 12.7 Å². The number of halogens is 2. The summed E-state index contributed by atoms with van der Waals surface area (Å²) in [4.78, 5) is 36.2. The van der Waals surface area contributed by atoms with E-state index in [-0.39, 0.29) is 40.2 Å². The van der Waals surface area contributed by atoms with Crippen LogP contribution < -0.4 is 16.2 Å². The Morgan fingerprint density at radius 3 is 2.65 bits per heavy atom. The van der Waals surface area contributed by atoms with Gasteiger partial charge in [0.15, 0.2) is 16.8 Å². The van der Waals surface area contributed by atoms with Crippen molar-refractivity contribution in [2.75, 3.05) is 23.8 Å². The molecule has 1 aromatic carbocycles. The summed E-state index contributed by atoms with van der Waals surface area (Å²) in [5.41, 5.74) is 6.45. The van der Waals surface area contributed by atoms with Gasteiger partial charge < -0.3 is 15.4 Å². The predicted octanol–water partition coefficient (Wildman–Crippen LogP) is 3.29. The van der Waals surface area contributed by atoms with Crippen molar-refractivity contribution in [2.24, 2.45) is 0 Å². The van der Waals surface area contributed by atoms with Crippen LogP contribution in [0, 0.1) is 0 Å². The molecule has 1 saturated heterocycles. The Kier molecular flexibility index (Phi) is 5.62. The highest BCUT2D eigenvalue weighted by atomic mass is 35.5. The van der Waals surface area contributed by atoms with Crippen LogP contribution in [0.3, 0.4) is 0 Å². The minimum absolute atomic E-state index is 0.0149. The second-order valence-electron chi connectivity index (χ2n) is 7.58. The van der Waals surface area contributed by atoms with Gasteiger partial charge in [-0.25, -0.2) is 14.3 Å². The summed E-state index contributed by atoms with van der Waals surface area (Å²) in [5.74, 6) is -0.0639. The molecule has 34 heavy (non-hydrogen) atoms. The molecule has 1 atom stereocenters. The molecule has 4 aromatic rings. The van der Waals surface area contributed by atoms with Crippen molar-refractivity contribution < 1.29 is 9.53 Å². The predicted molar refractivity (Wildman–Crippen MR) is 128 cm³/mol. The molecule has 0 unspecified atom stereocenters.